The molecule has 0 saturated carbocycles. The fourth-order valence-electron chi connectivity index (χ4n) is 0.571. The first kappa shape index (κ1) is 9.84. The Labute approximate surface area is 59.7 Å². The number of hydrogen-bond acceptors (Lipinski definition) is 4. The average molecular weight is 150 g/mol. The maximum atomic E-state index is 8.91. The summed E-state index contributed by atoms with van der Waals surface area (Å²) in [5.74, 6) is 0. The van der Waals surface area contributed by atoms with Gasteiger partial charge < -0.3 is 20.4 Å². The summed E-state index contributed by atoms with van der Waals surface area (Å²) in [6, 6.07) is 0. The Morgan fingerprint density at radius 2 is 0.900 bits per heavy atom. The predicted molar refractivity (Wildman–Crippen MR) is 35.4 cm³/mol. The molecule has 62 valence electrons. The Balaban J connectivity index is 3.81. The Bertz CT molecular complexity index is 79.7. The average Bonchev–Trinajstić information content (AvgIpc) is 1.84. The first-order valence-electron chi connectivity index (χ1n) is 3.19. The van der Waals surface area contributed by atoms with E-state index < -0.39 is 24.4 Å². The summed E-state index contributed by atoms with van der Waals surface area (Å²) < 4.78 is 0. The van der Waals surface area contributed by atoms with Gasteiger partial charge in [-0.05, 0) is 13.8 Å². The molecule has 4 atom stereocenters. The fourth-order valence-corrected chi connectivity index (χ4v) is 0.571. The number of rotatable bonds is 3. The molecule has 0 aromatic heterocycles. The maximum Gasteiger partial charge on any atom is 0.108 e. The summed E-state index contributed by atoms with van der Waals surface area (Å²) >= 11 is 0. The molecular formula is C6H14O4. The van der Waals surface area contributed by atoms with Gasteiger partial charge in [-0.2, -0.15) is 0 Å². The lowest BCUT2D eigenvalue weighted by Crippen LogP contribution is -2.41. The first-order valence-corrected chi connectivity index (χ1v) is 3.19. The summed E-state index contributed by atoms with van der Waals surface area (Å²) in [5.41, 5.74) is 0. The van der Waals surface area contributed by atoms with Crippen LogP contribution in [0.2, 0.25) is 0 Å². The molecule has 4 N–H and O–H groups in total. The quantitative estimate of drug-likeness (QED) is 0.393. The minimum atomic E-state index is -1.28. The maximum absolute atomic E-state index is 8.91. The summed E-state index contributed by atoms with van der Waals surface area (Å²) in [6.45, 7) is 2.69. The van der Waals surface area contributed by atoms with Gasteiger partial charge in [-0.3, -0.25) is 0 Å². The number of aliphatic hydroxyl groups excluding tert-OH is 4. The van der Waals surface area contributed by atoms with Crippen molar-refractivity contribution in [2.45, 2.75) is 38.3 Å². The molecule has 0 rings (SSSR count). The molecular weight excluding hydrogens is 136 g/mol. The van der Waals surface area contributed by atoms with Crippen LogP contribution in [0, 0.1) is 0 Å². The second-order valence-corrected chi connectivity index (χ2v) is 2.46. The molecule has 0 fully saturated rings. The van der Waals surface area contributed by atoms with Crippen LogP contribution in [0.4, 0.5) is 0 Å². The Hall–Kier alpha value is -0.160. The minimum absolute atomic E-state index is 1.02. The van der Waals surface area contributed by atoms with Crippen molar-refractivity contribution in [2.75, 3.05) is 0 Å². The molecule has 0 aliphatic heterocycles. The summed E-state index contributed by atoms with van der Waals surface area (Å²) in [6.07, 6.45) is -4.60. The van der Waals surface area contributed by atoms with Crippen molar-refractivity contribution in [2.24, 2.45) is 0 Å². The minimum Gasteiger partial charge on any atom is -0.391 e. The highest BCUT2D eigenvalue weighted by atomic mass is 16.4. The third-order valence-electron chi connectivity index (χ3n) is 1.34. The zero-order valence-electron chi connectivity index (χ0n) is 6.10. The first-order chi connectivity index (χ1) is 4.46. The number of aliphatic hydroxyl groups is 4. The topological polar surface area (TPSA) is 80.9 Å². The predicted octanol–water partition coefficient (Wildman–Crippen LogP) is -1.53. The van der Waals surface area contributed by atoms with Crippen molar-refractivity contribution in [1.82, 2.24) is 0 Å². The molecule has 0 aromatic carbocycles. The highest BCUT2D eigenvalue weighted by Crippen LogP contribution is 2.03. The van der Waals surface area contributed by atoms with Gasteiger partial charge in [0.1, 0.15) is 12.2 Å². The highest BCUT2D eigenvalue weighted by molar-refractivity contribution is 4.75. The molecule has 0 radical (unpaired) electrons. The molecule has 0 amide bonds. The van der Waals surface area contributed by atoms with E-state index in [-0.39, 0.29) is 0 Å². The normalized spacial score (nSPS) is 23.4. The van der Waals surface area contributed by atoms with Crippen molar-refractivity contribution in [3.05, 3.63) is 0 Å². The molecule has 0 aliphatic rings. The largest absolute Gasteiger partial charge is 0.391 e. The second kappa shape index (κ2) is 3.88. The van der Waals surface area contributed by atoms with E-state index in [1.807, 2.05) is 0 Å². The van der Waals surface area contributed by atoms with Crippen LogP contribution >= 0.6 is 0 Å². The van der Waals surface area contributed by atoms with Crippen LogP contribution in [-0.4, -0.2) is 44.8 Å². The van der Waals surface area contributed by atoms with Gasteiger partial charge in [0.2, 0.25) is 0 Å². The molecule has 0 aromatic rings. The van der Waals surface area contributed by atoms with Crippen molar-refractivity contribution in [3.8, 4) is 0 Å². The third-order valence-corrected chi connectivity index (χ3v) is 1.34. The van der Waals surface area contributed by atoms with Crippen molar-refractivity contribution < 1.29 is 20.4 Å². The van der Waals surface area contributed by atoms with Gasteiger partial charge in [-0.1, -0.05) is 0 Å². The van der Waals surface area contributed by atoms with E-state index in [4.69, 9.17) is 20.4 Å². The molecule has 0 bridgehead atoms. The van der Waals surface area contributed by atoms with E-state index in [2.05, 4.69) is 0 Å². The second-order valence-electron chi connectivity index (χ2n) is 2.46. The Kier molecular flexibility index (Phi) is 3.81. The summed E-state index contributed by atoms with van der Waals surface area (Å²) in [4.78, 5) is 0. The van der Waals surface area contributed by atoms with Gasteiger partial charge in [0.15, 0.2) is 0 Å². The van der Waals surface area contributed by atoms with Crippen molar-refractivity contribution in [3.63, 3.8) is 0 Å². The van der Waals surface area contributed by atoms with E-state index in [1.54, 1.807) is 0 Å². The van der Waals surface area contributed by atoms with Crippen LogP contribution in [0.1, 0.15) is 13.8 Å². The fraction of sp³-hybridized carbons (Fsp3) is 1.00. The Morgan fingerprint density at radius 3 is 1.00 bits per heavy atom. The molecule has 0 heterocycles. The van der Waals surface area contributed by atoms with E-state index in [0.29, 0.717) is 0 Å². The van der Waals surface area contributed by atoms with Crippen LogP contribution in [-0.2, 0) is 0 Å². The van der Waals surface area contributed by atoms with Gasteiger partial charge >= 0.3 is 0 Å². The Morgan fingerprint density at radius 1 is 0.700 bits per heavy atom. The molecule has 4 nitrogen and oxygen atoms in total. The van der Waals surface area contributed by atoms with Gasteiger partial charge in [-0.25, -0.2) is 0 Å². The SMILES string of the molecule is CC(O)[C@@H](O)[C@@H](O)[C@H](C)O. The zero-order chi connectivity index (χ0) is 8.31. The smallest absolute Gasteiger partial charge is 0.108 e. The molecule has 0 aliphatic carbocycles. The van der Waals surface area contributed by atoms with E-state index in [1.165, 1.54) is 13.8 Å². The molecule has 0 saturated heterocycles. The van der Waals surface area contributed by atoms with E-state index >= 15 is 0 Å². The lowest BCUT2D eigenvalue weighted by molar-refractivity contribution is -0.0947. The lowest BCUT2D eigenvalue weighted by atomic mass is 10.1. The molecule has 4 heteroatoms. The standard InChI is InChI=1S/C6H14O4/c1-3(7)5(9)6(10)4(2)8/h3-10H,1-2H3/t3-,4?,5-,6+/m0/s1. The lowest BCUT2D eigenvalue weighted by Gasteiger charge is -2.21. The van der Waals surface area contributed by atoms with Gasteiger partial charge in [0, 0.05) is 0 Å². The van der Waals surface area contributed by atoms with E-state index in [9.17, 15) is 0 Å². The van der Waals surface area contributed by atoms with Crippen LogP contribution in [0.3, 0.4) is 0 Å². The number of hydrogen-bond donors (Lipinski definition) is 4. The molecule has 1 unspecified atom stereocenters. The van der Waals surface area contributed by atoms with Gasteiger partial charge in [-0.15, -0.1) is 0 Å². The van der Waals surface area contributed by atoms with Crippen molar-refractivity contribution in [1.29, 1.82) is 0 Å². The zero-order valence-corrected chi connectivity index (χ0v) is 6.10. The van der Waals surface area contributed by atoms with Gasteiger partial charge in [0.05, 0.1) is 12.2 Å². The molecule has 0 spiro atoms. The van der Waals surface area contributed by atoms with Gasteiger partial charge in [0.25, 0.3) is 0 Å². The highest BCUT2D eigenvalue weighted by Gasteiger charge is 2.24. The van der Waals surface area contributed by atoms with Crippen LogP contribution < -0.4 is 0 Å². The summed E-state index contributed by atoms with van der Waals surface area (Å²) in [7, 11) is 0. The summed E-state index contributed by atoms with van der Waals surface area (Å²) in [5, 5.41) is 35.2. The van der Waals surface area contributed by atoms with Crippen LogP contribution in [0.5, 0.6) is 0 Å². The third kappa shape index (κ3) is 2.62. The van der Waals surface area contributed by atoms with Crippen LogP contribution in [0.15, 0.2) is 0 Å². The molecule has 10 heavy (non-hydrogen) atoms. The van der Waals surface area contributed by atoms with Crippen molar-refractivity contribution >= 4 is 0 Å². The van der Waals surface area contributed by atoms with Crippen LogP contribution in [0.25, 0.3) is 0 Å². The van der Waals surface area contributed by atoms with E-state index in [0.717, 1.165) is 0 Å². The monoisotopic (exact) mass is 150 g/mol.